The number of hydrogen-bond acceptors (Lipinski definition) is 7. The average Bonchev–Trinajstić information content (AvgIpc) is 3.90. The third-order valence-corrected chi connectivity index (χ3v) is 24.0. The lowest BCUT2D eigenvalue weighted by Gasteiger charge is -2.59. The molecule has 0 spiro atoms. The van der Waals surface area contributed by atoms with Gasteiger partial charge in [-0.05, 0) is 223 Å². The molecule has 0 aromatic rings. The van der Waals surface area contributed by atoms with Crippen LogP contribution in [0.2, 0.25) is 0 Å². The van der Waals surface area contributed by atoms with Crippen molar-refractivity contribution in [2.24, 2.45) is 105 Å². The van der Waals surface area contributed by atoms with E-state index >= 15 is 0 Å². The second kappa shape index (κ2) is 24.9. The van der Waals surface area contributed by atoms with E-state index in [-0.39, 0.29) is 35.2 Å². The second-order valence-corrected chi connectivity index (χ2v) is 28.9. The zero-order valence-corrected chi connectivity index (χ0v) is 50.3. The predicted octanol–water partition coefficient (Wildman–Crippen LogP) is 18.0. The van der Waals surface area contributed by atoms with Gasteiger partial charge in [0, 0.05) is 25.0 Å². The zero-order chi connectivity index (χ0) is 53.2. The number of hydrogen-bond donors (Lipinski definition) is 0. The first-order valence-corrected chi connectivity index (χ1v) is 32.0. The van der Waals surface area contributed by atoms with Gasteiger partial charge in [-0.1, -0.05) is 131 Å². The molecule has 20 atom stereocenters. The van der Waals surface area contributed by atoms with E-state index in [1.54, 1.807) is 11.1 Å². The summed E-state index contributed by atoms with van der Waals surface area (Å²) in [6.07, 6.45) is 31.2. The largest absolute Gasteiger partial charge is 0.509 e. The number of carbonyl (C=O) groups is 1. The molecule has 0 aliphatic heterocycles. The Morgan fingerprint density at radius 3 is 1.30 bits per heavy atom. The van der Waals surface area contributed by atoms with Crippen LogP contribution in [-0.2, 0) is 28.4 Å². The quantitative estimate of drug-likeness (QED) is 0.0542. The van der Waals surface area contributed by atoms with Crippen LogP contribution in [0.1, 0.15) is 238 Å². The van der Waals surface area contributed by atoms with Crippen molar-refractivity contribution in [1.82, 2.24) is 0 Å². The highest BCUT2D eigenvalue weighted by Gasteiger charge is 2.61. The Morgan fingerprint density at radius 1 is 0.514 bits per heavy atom. The van der Waals surface area contributed by atoms with Crippen molar-refractivity contribution in [3.8, 4) is 0 Å². The summed E-state index contributed by atoms with van der Waals surface area (Å²) in [5.74, 6) is 10.0. The lowest BCUT2D eigenvalue weighted by Crippen LogP contribution is -2.51. The van der Waals surface area contributed by atoms with Crippen LogP contribution in [0.4, 0.5) is 4.79 Å². The van der Waals surface area contributed by atoms with E-state index in [1.165, 1.54) is 103 Å². The van der Waals surface area contributed by atoms with Crippen molar-refractivity contribution in [3.63, 3.8) is 0 Å². The van der Waals surface area contributed by atoms with Crippen molar-refractivity contribution < 1.29 is 33.2 Å². The predicted molar refractivity (Wildman–Crippen MR) is 302 cm³/mol. The third-order valence-electron chi connectivity index (χ3n) is 24.0. The molecule has 6 saturated carbocycles. The fourth-order valence-corrected chi connectivity index (χ4v) is 19.9. The maximum Gasteiger partial charge on any atom is 0.509 e. The van der Waals surface area contributed by atoms with E-state index in [4.69, 9.17) is 28.4 Å². The van der Waals surface area contributed by atoms with Crippen LogP contribution in [0.15, 0.2) is 23.3 Å². The smallest absolute Gasteiger partial charge is 0.428 e. The van der Waals surface area contributed by atoms with Gasteiger partial charge in [-0.3, -0.25) is 0 Å². The first-order chi connectivity index (χ1) is 35.2. The summed E-state index contributed by atoms with van der Waals surface area (Å²) in [5.41, 5.74) is 4.59. The number of allylic oxidation sites excluding steroid dienone is 4. The maximum atomic E-state index is 14.5. The number of fused-ring (bicyclic) bond motifs is 10. The molecule has 8 aliphatic rings. The first-order valence-electron chi connectivity index (χ1n) is 32.0. The number of ether oxygens (including phenoxy) is 6. The van der Waals surface area contributed by atoms with Gasteiger partial charge in [0.15, 0.2) is 12.6 Å². The normalized spacial score (nSPS) is 40.0. The Hall–Kier alpha value is -1.41. The van der Waals surface area contributed by atoms with Gasteiger partial charge in [-0.2, -0.15) is 0 Å². The van der Waals surface area contributed by atoms with Crippen molar-refractivity contribution in [2.75, 3.05) is 26.4 Å². The third kappa shape index (κ3) is 12.3. The second-order valence-electron chi connectivity index (χ2n) is 28.9. The molecule has 7 heteroatoms. The van der Waals surface area contributed by atoms with Crippen molar-refractivity contribution in [1.29, 1.82) is 0 Å². The summed E-state index contributed by atoms with van der Waals surface area (Å²) in [6.45, 7) is 35.0. The summed E-state index contributed by atoms with van der Waals surface area (Å²) in [7, 11) is 0. The van der Waals surface area contributed by atoms with Crippen molar-refractivity contribution in [3.05, 3.63) is 23.3 Å². The summed E-state index contributed by atoms with van der Waals surface area (Å²) >= 11 is 0. The van der Waals surface area contributed by atoms with Crippen molar-refractivity contribution in [2.45, 2.75) is 263 Å². The fraction of sp³-hybridized carbons (Fsp3) is 0.925. The van der Waals surface area contributed by atoms with Crippen LogP contribution in [0.3, 0.4) is 0 Å². The van der Waals surface area contributed by atoms with E-state index in [1.807, 2.05) is 27.7 Å². The molecular weight excluding hydrogens is 917 g/mol. The van der Waals surface area contributed by atoms with Gasteiger partial charge in [0.25, 0.3) is 0 Å². The molecule has 4 unspecified atom stereocenters. The highest BCUT2D eigenvalue weighted by molar-refractivity contribution is 5.60. The Morgan fingerprint density at radius 2 is 0.919 bits per heavy atom. The topological polar surface area (TPSA) is 72.5 Å². The zero-order valence-electron chi connectivity index (χ0n) is 50.3. The van der Waals surface area contributed by atoms with Crippen LogP contribution in [0.5, 0.6) is 0 Å². The molecule has 0 aromatic carbocycles. The number of carbonyl (C=O) groups excluding carboxylic acids is 1. The number of rotatable bonds is 24. The lowest BCUT2D eigenvalue weighted by atomic mass is 9.46. The summed E-state index contributed by atoms with van der Waals surface area (Å²) < 4.78 is 37.6. The fourth-order valence-electron chi connectivity index (χ4n) is 19.9. The molecule has 74 heavy (non-hydrogen) atoms. The molecule has 0 saturated heterocycles. The molecule has 0 N–H and O–H groups in total. The molecular formula is C67H114O7. The minimum absolute atomic E-state index is 0.160. The van der Waals surface area contributed by atoms with Gasteiger partial charge in [0.05, 0.1) is 13.2 Å². The SMILES string of the molecule is CCOC(C)OCC(OC(=O)OC(COC(C)OCC)[C@H]1CC[C@@]2(C)C(=CC[C@H]3[C@@H]4CC[C@H]([C@H](C)CCCC(C)C)[C@@]4(C)CC[C@@H]32)C1)[C@H]1CC[C@@]2(C)C(=CC[C@H]3[C@@H]4CC[C@H]([C@H](C)CCCC(C)C)[C@@]4(C)CC[C@@H]32)C1. The molecule has 0 aromatic heterocycles. The summed E-state index contributed by atoms with van der Waals surface area (Å²) in [6, 6.07) is 0. The van der Waals surface area contributed by atoms with Gasteiger partial charge < -0.3 is 28.4 Å². The van der Waals surface area contributed by atoms with Gasteiger partial charge in [0.2, 0.25) is 0 Å². The molecule has 0 amide bonds. The van der Waals surface area contributed by atoms with E-state index in [9.17, 15) is 4.79 Å². The Bertz CT molecular complexity index is 1740. The Balaban J connectivity index is 0.936. The molecule has 0 radical (unpaired) electrons. The summed E-state index contributed by atoms with van der Waals surface area (Å²) in [4.78, 5) is 14.5. The van der Waals surface area contributed by atoms with Gasteiger partial charge in [-0.15, -0.1) is 0 Å². The van der Waals surface area contributed by atoms with E-state index in [0.717, 1.165) is 110 Å². The van der Waals surface area contributed by atoms with E-state index < -0.39 is 18.4 Å². The van der Waals surface area contributed by atoms with E-state index in [0.29, 0.717) is 37.3 Å². The standard InChI is InChI=1S/C67H114O7/c1-15-69-47(9)71-41-61(49-31-35-64(11)51(39-49)23-25-53-57-29-27-55(45(7)21-17-19-43(3)4)66(57,13)37-33-59(53)64)73-63(68)74-62(42-72-48(10)70-16-2)50-32-36-65(12)52(40-50)24-26-54-58-30-28-56(46(8)22-18-20-44(5)6)67(58,14)38-34-60(54)65/h23-24,43-50,53-62H,15-22,25-42H2,1-14H3/t45-,46-,47?,48?,49+,50+,53+,54+,55-,56-,57+,58+,59+,60+,61?,62?,64+,65+,66-,67-/m1/s1. The molecule has 0 bridgehead atoms. The van der Waals surface area contributed by atoms with E-state index in [2.05, 4.69) is 81.4 Å². The molecule has 8 rings (SSSR count). The highest BCUT2D eigenvalue weighted by Crippen LogP contribution is 2.70. The van der Waals surface area contributed by atoms with Gasteiger partial charge in [-0.25, -0.2) is 4.79 Å². The highest BCUT2D eigenvalue weighted by atomic mass is 16.8. The molecule has 424 valence electrons. The summed E-state index contributed by atoms with van der Waals surface area (Å²) in [5, 5.41) is 0. The molecule has 6 fully saturated rings. The van der Waals surface area contributed by atoms with Crippen LogP contribution < -0.4 is 0 Å². The lowest BCUT2D eigenvalue weighted by molar-refractivity contribution is -0.167. The Kier molecular flexibility index (Phi) is 19.8. The molecule has 8 aliphatic carbocycles. The maximum absolute atomic E-state index is 14.5. The first kappa shape index (κ1) is 58.7. The average molecular weight is 1030 g/mol. The van der Waals surface area contributed by atoms with Crippen LogP contribution in [0.25, 0.3) is 0 Å². The van der Waals surface area contributed by atoms with Gasteiger partial charge in [0.1, 0.15) is 12.2 Å². The van der Waals surface area contributed by atoms with Crippen LogP contribution >= 0.6 is 0 Å². The minimum atomic E-state index is -0.584. The Labute approximate surface area is 454 Å². The van der Waals surface area contributed by atoms with Crippen LogP contribution in [0, 0.1) is 105 Å². The van der Waals surface area contributed by atoms with Crippen LogP contribution in [-0.4, -0.2) is 57.4 Å². The van der Waals surface area contributed by atoms with Crippen molar-refractivity contribution >= 4 is 6.16 Å². The van der Waals surface area contributed by atoms with Gasteiger partial charge >= 0.3 is 6.16 Å². The molecule has 0 heterocycles. The molecule has 7 nitrogen and oxygen atoms in total. The monoisotopic (exact) mass is 1030 g/mol. The minimum Gasteiger partial charge on any atom is -0.428 e.